The summed E-state index contributed by atoms with van der Waals surface area (Å²) >= 11 is 4.26. The number of hydrogen-bond acceptors (Lipinski definition) is 7. The predicted molar refractivity (Wildman–Crippen MR) is 109 cm³/mol. The van der Waals surface area contributed by atoms with Crippen LogP contribution in [-0.2, 0) is 9.59 Å². The molecule has 2 rings (SSSR count). The standard InChI is InChI=1S/C17H28N4O2S3/c1-3-10-18-14(22)11-24-16-20-21-17(26-16)25-12(2)15(23)19-13-8-6-4-5-7-9-13/h12-13H,3-11H2,1-2H3,(H,18,22)(H,19,23)/t12-/m1/s1. The van der Waals surface area contributed by atoms with E-state index in [0.29, 0.717) is 18.3 Å². The third-order valence-corrected chi connectivity index (χ3v) is 7.38. The van der Waals surface area contributed by atoms with Gasteiger partial charge in [0.25, 0.3) is 0 Å². The maximum Gasteiger partial charge on any atom is 0.233 e. The van der Waals surface area contributed by atoms with Crippen molar-refractivity contribution in [2.75, 3.05) is 12.3 Å². The highest BCUT2D eigenvalue weighted by Crippen LogP contribution is 2.31. The molecule has 9 heteroatoms. The van der Waals surface area contributed by atoms with Crippen LogP contribution in [-0.4, -0.2) is 45.6 Å². The lowest BCUT2D eigenvalue weighted by molar-refractivity contribution is -0.121. The zero-order valence-electron chi connectivity index (χ0n) is 15.5. The van der Waals surface area contributed by atoms with Crippen molar-refractivity contribution in [3.8, 4) is 0 Å². The average Bonchev–Trinajstić information content (AvgIpc) is 2.91. The van der Waals surface area contributed by atoms with Crippen molar-refractivity contribution >= 4 is 46.7 Å². The molecule has 1 atom stereocenters. The molecular weight excluding hydrogens is 388 g/mol. The summed E-state index contributed by atoms with van der Waals surface area (Å²) in [5, 5.41) is 14.1. The number of thioether (sulfide) groups is 2. The van der Waals surface area contributed by atoms with E-state index in [1.165, 1.54) is 60.5 Å². The molecule has 26 heavy (non-hydrogen) atoms. The molecular formula is C17H28N4O2S3. The zero-order valence-corrected chi connectivity index (χ0v) is 17.9. The van der Waals surface area contributed by atoms with Crippen LogP contribution in [0.15, 0.2) is 8.68 Å². The van der Waals surface area contributed by atoms with Crippen LogP contribution >= 0.6 is 34.9 Å². The highest BCUT2D eigenvalue weighted by Gasteiger charge is 2.21. The molecule has 0 spiro atoms. The first-order chi connectivity index (χ1) is 12.6. The van der Waals surface area contributed by atoms with Gasteiger partial charge in [-0.05, 0) is 26.2 Å². The predicted octanol–water partition coefficient (Wildman–Crippen LogP) is 3.48. The molecule has 0 aromatic carbocycles. The van der Waals surface area contributed by atoms with Crippen LogP contribution in [0, 0.1) is 0 Å². The fourth-order valence-corrected chi connectivity index (χ4v) is 5.70. The molecule has 0 aliphatic heterocycles. The van der Waals surface area contributed by atoms with E-state index in [1.54, 1.807) is 0 Å². The van der Waals surface area contributed by atoms with Crippen LogP contribution in [0.2, 0.25) is 0 Å². The van der Waals surface area contributed by atoms with Crippen LogP contribution < -0.4 is 10.6 Å². The summed E-state index contributed by atoms with van der Waals surface area (Å²) in [6, 6.07) is 0.315. The number of nitrogens with one attached hydrogen (secondary N) is 2. The summed E-state index contributed by atoms with van der Waals surface area (Å²) in [4.78, 5) is 24.0. The minimum absolute atomic E-state index is 0.0115. The van der Waals surface area contributed by atoms with Gasteiger partial charge in [0.2, 0.25) is 11.8 Å². The third kappa shape index (κ3) is 7.84. The van der Waals surface area contributed by atoms with E-state index in [4.69, 9.17) is 0 Å². The van der Waals surface area contributed by atoms with Gasteiger partial charge in [0.05, 0.1) is 11.0 Å². The fourth-order valence-electron chi connectivity index (χ4n) is 2.69. The van der Waals surface area contributed by atoms with E-state index in [9.17, 15) is 9.59 Å². The Hall–Kier alpha value is -0.800. The van der Waals surface area contributed by atoms with Gasteiger partial charge >= 0.3 is 0 Å². The van der Waals surface area contributed by atoms with Crippen molar-refractivity contribution in [2.45, 2.75) is 78.8 Å². The van der Waals surface area contributed by atoms with Gasteiger partial charge in [-0.3, -0.25) is 9.59 Å². The average molecular weight is 417 g/mol. The summed E-state index contributed by atoms with van der Waals surface area (Å²) in [5.41, 5.74) is 0. The molecule has 0 saturated heterocycles. The molecule has 1 heterocycles. The molecule has 1 aliphatic carbocycles. The van der Waals surface area contributed by atoms with E-state index in [0.717, 1.165) is 27.9 Å². The van der Waals surface area contributed by atoms with Crippen molar-refractivity contribution in [1.82, 2.24) is 20.8 Å². The Balaban J connectivity index is 1.74. The Bertz CT molecular complexity index is 574. The minimum Gasteiger partial charge on any atom is -0.355 e. The van der Waals surface area contributed by atoms with Crippen LogP contribution in [0.4, 0.5) is 0 Å². The second-order valence-corrected chi connectivity index (χ2v) is 10.2. The lowest BCUT2D eigenvalue weighted by atomic mass is 10.1. The van der Waals surface area contributed by atoms with Gasteiger partial charge in [0.15, 0.2) is 8.68 Å². The van der Waals surface area contributed by atoms with Gasteiger partial charge in [-0.25, -0.2) is 0 Å². The molecule has 2 amide bonds. The number of carbonyl (C=O) groups excluding carboxylic acids is 2. The summed E-state index contributed by atoms with van der Waals surface area (Å²) in [7, 11) is 0. The summed E-state index contributed by atoms with van der Waals surface area (Å²) in [6.07, 6.45) is 8.06. The first-order valence-electron chi connectivity index (χ1n) is 9.28. The Morgan fingerprint density at radius 1 is 1.19 bits per heavy atom. The first kappa shape index (κ1) is 21.5. The molecule has 2 N–H and O–H groups in total. The largest absolute Gasteiger partial charge is 0.355 e. The number of aromatic nitrogens is 2. The van der Waals surface area contributed by atoms with Gasteiger partial charge in [-0.1, -0.05) is 67.5 Å². The molecule has 6 nitrogen and oxygen atoms in total. The molecule has 1 aromatic rings. The van der Waals surface area contributed by atoms with Crippen molar-refractivity contribution in [2.24, 2.45) is 0 Å². The lowest BCUT2D eigenvalue weighted by Crippen LogP contribution is -2.39. The normalized spacial score (nSPS) is 16.7. The fraction of sp³-hybridized carbons (Fsp3) is 0.765. The molecule has 0 unspecified atom stereocenters. The molecule has 1 aromatic heterocycles. The van der Waals surface area contributed by atoms with E-state index < -0.39 is 0 Å². The second-order valence-electron chi connectivity index (χ2n) is 6.43. The van der Waals surface area contributed by atoms with E-state index in [2.05, 4.69) is 20.8 Å². The van der Waals surface area contributed by atoms with Gasteiger partial charge < -0.3 is 10.6 Å². The Labute approximate surface area is 168 Å². The van der Waals surface area contributed by atoms with Crippen molar-refractivity contribution in [3.63, 3.8) is 0 Å². The second kappa shape index (κ2) is 11.8. The number of hydrogen-bond donors (Lipinski definition) is 2. The number of rotatable bonds is 9. The summed E-state index contributed by atoms with van der Waals surface area (Å²) in [6.45, 7) is 4.63. The first-order valence-corrected chi connectivity index (χ1v) is 12.0. The zero-order chi connectivity index (χ0) is 18.8. The summed E-state index contributed by atoms with van der Waals surface area (Å²) in [5.74, 6) is 0.430. The van der Waals surface area contributed by atoms with Crippen LogP contribution in [0.3, 0.4) is 0 Å². The van der Waals surface area contributed by atoms with E-state index in [1.807, 2.05) is 13.8 Å². The monoisotopic (exact) mass is 416 g/mol. The maximum atomic E-state index is 12.4. The quantitative estimate of drug-likeness (QED) is 0.474. The molecule has 0 bridgehead atoms. The summed E-state index contributed by atoms with van der Waals surface area (Å²) < 4.78 is 1.53. The highest BCUT2D eigenvalue weighted by molar-refractivity contribution is 8.04. The third-order valence-electron chi connectivity index (χ3n) is 4.14. The molecule has 1 saturated carbocycles. The lowest BCUT2D eigenvalue weighted by Gasteiger charge is -2.18. The van der Waals surface area contributed by atoms with Gasteiger partial charge in [0.1, 0.15) is 0 Å². The molecule has 146 valence electrons. The Morgan fingerprint density at radius 2 is 1.88 bits per heavy atom. The van der Waals surface area contributed by atoms with Crippen molar-refractivity contribution in [1.29, 1.82) is 0 Å². The topological polar surface area (TPSA) is 84.0 Å². The van der Waals surface area contributed by atoms with Crippen molar-refractivity contribution in [3.05, 3.63) is 0 Å². The van der Waals surface area contributed by atoms with Crippen LogP contribution in [0.1, 0.15) is 58.8 Å². The minimum atomic E-state index is -0.197. The SMILES string of the molecule is CCCNC(=O)CSc1nnc(S[C@H](C)C(=O)NC2CCCCCC2)s1. The molecule has 1 aliphatic rings. The van der Waals surface area contributed by atoms with Gasteiger partial charge in [-0.15, -0.1) is 10.2 Å². The molecule has 1 fully saturated rings. The smallest absolute Gasteiger partial charge is 0.233 e. The number of amides is 2. The van der Waals surface area contributed by atoms with Crippen LogP contribution in [0.25, 0.3) is 0 Å². The number of nitrogens with zero attached hydrogens (tertiary/aromatic N) is 2. The van der Waals surface area contributed by atoms with E-state index in [-0.39, 0.29) is 17.1 Å². The van der Waals surface area contributed by atoms with Crippen LogP contribution in [0.5, 0.6) is 0 Å². The molecule has 0 radical (unpaired) electrons. The van der Waals surface area contributed by atoms with Gasteiger partial charge in [-0.2, -0.15) is 0 Å². The van der Waals surface area contributed by atoms with Crippen molar-refractivity contribution < 1.29 is 9.59 Å². The Kier molecular flexibility index (Phi) is 9.77. The highest BCUT2D eigenvalue weighted by atomic mass is 32.2. The van der Waals surface area contributed by atoms with Gasteiger partial charge in [0, 0.05) is 12.6 Å². The van der Waals surface area contributed by atoms with E-state index >= 15 is 0 Å². The number of carbonyl (C=O) groups is 2. The maximum absolute atomic E-state index is 12.4. The Morgan fingerprint density at radius 3 is 2.58 bits per heavy atom.